The third-order valence-corrected chi connectivity index (χ3v) is 5.87. The van der Waals surface area contributed by atoms with Crippen molar-refractivity contribution in [3.8, 4) is 0 Å². The van der Waals surface area contributed by atoms with Crippen LogP contribution >= 0.6 is 34.3 Å². The first-order chi connectivity index (χ1) is 10.1. The zero-order chi connectivity index (χ0) is 14.8. The minimum atomic E-state index is -0.00604. The number of nitrogens with zero attached hydrogens (tertiary/aromatic N) is 1. The number of amides is 1. The molecule has 3 heterocycles. The largest absolute Gasteiger partial charge is 0.338 e. The Labute approximate surface area is 136 Å². The van der Waals surface area contributed by atoms with Gasteiger partial charge in [0.1, 0.15) is 0 Å². The molecule has 0 unspecified atom stereocenters. The lowest BCUT2D eigenvalue weighted by Crippen LogP contribution is -2.35. The van der Waals surface area contributed by atoms with Gasteiger partial charge in [0.25, 0.3) is 0 Å². The van der Waals surface area contributed by atoms with Crippen LogP contribution in [0.2, 0.25) is 4.34 Å². The predicted octanol–water partition coefficient (Wildman–Crippen LogP) is 4.01. The molecule has 2 aromatic heterocycles. The fourth-order valence-electron chi connectivity index (χ4n) is 2.43. The molecule has 0 radical (unpaired) electrons. The number of rotatable bonds is 4. The lowest BCUT2D eigenvalue weighted by atomic mass is 10.1. The molecule has 1 amide bonds. The van der Waals surface area contributed by atoms with Crippen LogP contribution < -0.4 is 0 Å². The van der Waals surface area contributed by atoms with E-state index in [0.717, 1.165) is 13.0 Å². The SMILES string of the molecule is O=C(CCC(=O)N1CCc2sccc2C1)c1ccc(Cl)s1. The molecule has 0 spiro atoms. The summed E-state index contributed by atoms with van der Waals surface area (Å²) >= 11 is 8.84. The summed E-state index contributed by atoms with van der Waals surface area (Å²) in [5, 5.41) is 2.07. The highest BCUT2D eigenvalue weighted by Crippen LogP contribution is 2.25. The van der Waals surface area contributed by atoms with Crippen molar-refractivity contribution in [2.45, 2.75) is 25.8 Å². The molecule has 1 aliphatic rings. The van der Waals surface area contributed by atoms with Crippen molar-refractivity contribution in [2.75, 3.05) is 6.54 Å². The van der Waals surface area contributed by atoms with Gasteiger partial charge in [0.05, 0.1) is 9.21 Å². The second-order valence-electron chi connectivity index (χ2n) is 4.96. The number of hydrogen-bond donors (Lipinski definition) is 0. The monoisotopic (exact) mass is 339 g/mol. The molecular weight excluding hydrogens is 326 g/mol. The zero-order valence-corrected chi connectivity index (χ0v) is 13.7. The maximum absolute atomic E-state index is 12.2. The highest BCUT2D eigenvalue weighted by atomic mass is 35.5. The maximum Gasteiger partial charge on any atom is 0.223 e. The molecule has 1 aliphatic heterocycles. The van der Waals surface area contributed by atoms with Crippen molar-refractivity contribution in [2.24, 2.45) is 0 Å². The summed E-state index contributed by atoms with van der Waals surface area (Å²) in [6, 6.07) is 5.51. The molecule has 3 rings (SSSR count). The molecule has 0 aliphatic carbocycles. The van der Waals surface area contributed by atoms with E-state index in [0.29, 0.717) is 15.8 Å². The van der Waals surface area contributed by atoms with E-state index in [1.807, 2.05) is 4.90 Å². The van der Waals surface area contributed by atoms with Crippen LogP contribution in [-0.2, 0) is 17.8 Å². The topological polar surface area (TPSA) is 37.4 Å². The molecule has 6 heteroatoms. The highest BCUT2D eigenvalue weighted by Gasteiger charge is 2.22. The number of Topliss-reactive ketones (excluding diaryl/α,β-unsaturated/α-hetero) is 1. The van der Waals surface area contributed by atoms with Gasteiger partial charge in [0.2, 0.25) is 5.91 Å². The van der Waals surface area contributed by atoms with Gasteiger partial charge in [-0.15, -0.1) is 22.7 Å². The Balaban J connectivity index is 1.54. The van der Waals surface area contributed by atoms with E-state index < -0.39 is 0 Å². The van der Waals surface area contributed by atoms with E-state index in [-0.39, 0.29) is 24.5 Å². The van der Waals surface area contributed by atoms with Gasteiger partial charge in [-0.25, -0.2) is 0 Å². The van der Waals surface area contributed by atoms with E-state index in [1.54, 1.807) is 23.5 Å². The lowest BCUT2D eigenvalue weighted by Gasteiger charge is -2.27. The second kappa shape index (κ2) is 6.30. The molecule has 0 saturated heterocycles. The Morgan fingerprint density at radius 1 is 1.24 bits per heavy atom. The first kappa shape index (κ1) is 14.8. The van der Waals surface area contributed by atoms with Crippen LogP contribution in [0.5, 0.6) is 0 Å². The number of ketones is 1. The summed E-state index contributed by atoms with van der Waals surface area (Å²) in [5.74, 6) is 0.0522. The lowest BCUT2D eigenvalue weighted by molar-refractivity contribution is -0.132. The number of carbonyl (C=O) groups is 2. The van der Waals surface area contributed by atoms with Crippen molar-refractivity contribution in [1.29, 1.82) is 0 Å². The molecule has 110 valence electrons. The van der Waals surface area contributed by atoms with Crippen molar-refractivity contribution in [3.05, 3.63) is 43.2 Å². The minimum absolute atomic E-state index is 0.00604. The van der Waals surface area contributed by atoms with Crippen LogP contribution in [-0.4, -0.2) is 23.1 Å². The zero-order valence-electron chi connectivity index (χ0n) is 11.3. The van der Waals surface area contributed by atoms with Crippen LogP contribution in [0.15, 0.2) is 23.6 Å². The van der Waals surface area contributed by atoms with Gasteiger partial charge in [-0.3, -0.25) is 9.59 Å². The Bertz CT molecular complexity index is 677. The summed E-state index contributed by atoms with van der Waals surface area (Å²) in [5.41, 5.74) is 1.25. The Morgan fingerprint density at radius 2 is 2.10 bits per heavy atom. The van der Waals surface area contributed by atoms with Gasteiger partial charge < -0.3 is 4.90 Å². The normalized spacial score (nSPS) is 14.0. The molecule has 3 nitrogen and oxygen atoms in total. The van der Waals surface area contributed by atoms with Crippen LogP contribution in [0, 0.1) is 0 Å². The summed E-state index contributed by atoms with van der Waals surface area (Å²) in [7, 11) is 0. The van der Waals surface area contributed by atoms with E-state index in [1.165, 1.54) is 21.8 Å². The first-order valence-corrected chi connectivity index (χ1v) is 8.82. The fourth-order valence-corrected chi connectivity index (χ4v) is 4.33. The third-order valence-electron chi connectivity index (χ3n) is 3.57. The van der Waals surface area contributed by atoms with E-state index in [4.69, 9.17) is 11.6 Å². The number of hydrogen-bond acceptors (Lipinski definition) is 4. The van der Waals surface area contributed by atoms with Gasteiger partial charge in [0, 0.05) is 30.8 Å². The average molecular weight is 340 g/mol. The molecule has 2 aromatic rings. The summed E-state index contributed by atoms with van der Waals surface area (Å²) < 4.78 is 0.602. The van der Waals surface area contributed by atoms with Crippen molar-refractivity contribution in [1.82, 2.24) is 4.90 Å². The van der Waals surface area contributed by atoms with Crippen LogP contribution in [0.1, 0.15) is 33.0 Å². The number of carbonyl (C=O) groups excluding carboxylic acids is 2. The van der Waals surface area contributed by atoms with Crippen molar-refractivity contribution < 1.29 is 9.59 Å². The predicted molar refractivity (Wildman–Crippen MR) is 86.3 cm³/mol. The fraction of sp³-hybridized carbons (Fsp3) is 0.333. The Morgan fingerprint density at radius 3 is 2.86 bits per heavy atom. The molecular formula is C15H14ClNO2S2. The van der Waals surface area contributed by atoms with Crippen LogP contribution in [0.25, 0.3) is 0 Å². The van der Waals surface area contributed by atoms with Crippen LogP contribution in [0.4, 0.5) is 0 Å². The molecule has 0 N–H and O–H groups in total. The summed E-state index contributed by atoms with van der Waals surface area (Å²) in [6.07, 6.45) is 1.45. The minimum Gasteiger partial charge on any atom is -0.338 e. The number of thiophene rings is 2. The molecule has 0 fully saturated rings. The summed E-state index contributed by atoms with van der Waals surface area (Å²) in [4.78, 5) is 28.1. The number of fused-ring (bicyclic) bond motifs is 1. The van der Waals surface area contributed by atoms with Crippen LogP contribution in [0.3, 0.4) is 0 Å². The molecule has 0 aromatic carbocycles. The van der Waals surface area contributed by atoms with E-state index in [2.05, 4.69) is 11.4 Å². The smallest absolute Gasteiger partial charge is 0.223 e. The third kappa shape index (κ3) is 3.36. The second-order valence-corrected chi connectivity index (χ2v) is 7.68. The molecule has 0 atom stereocenters. The highest BCUT2D eigenvalue weighted by molar-refractivity contribution is 7.18. The first-order valence-electron chi connectivity index (χ1n) is 6.75. The Kier molecular flexibility index (Phi) is 4.42. The Hall–Kier alpha value is -1.17. The van der Waals surface area contributed by atoms with Crippen molar-refractivity contribution >= 4 is 46.0 Å². The van der Waals surface area contributed by atoms with Gasteiger partial charge in [-0.05, 0) is 35.6 Å². The molecule has 21 heavy (non-hydrogen) atoms. The summed E-state index contributed by atoms with van der Waals surface area (Å²) in [6.45, 7) is 1.43. The van der Waals surface area contributed by atoms with Gasteiger partial charge in [-0.1, -0.05) is 11.6 Å². The number of halogens is 1. The van der Waals surface area contributed by atoms with E-state index in [9.17, 15) is 9.59 Å². The molecule has 0 bridgehead atoms. The maximum atomic E-state index is 12.2. The molecule has 0 saturated carbocycles. The standard InChI is InChI=1S/C15H14ClNO2S2/c16-14-3-2-13(21-14)11(18)1-4-15(19)17-7-5-12-10(9-17)6-8-20-12/h2-3,6,8H,1,4-5,7,9H2. The quantitative estimate of drug-likeness (QED) is 0.789. The van der Waals surface area contributed by atoms with E-state index >= 15 is 0 Å². The van der Waals surface area contributed by atoms with Crippen molar-refractivity contribution in [3.63, 3.8) is 0 Å². The van der Waals surface area contributed by atoms with Gasteiger partial charge >= 0.3 is 0 Å². The van der Waals surface area contributed by atoms with Gasteiger partial charge in [0.15, 0.2) is 5.78 Å². The van der Waals surface area contributed by atoms with Gasteiger partial charge in [-0.2, -0.15) is 0 Å². The average Bonchev–Trinajstić information content (AvgIpc) is 3.12.